The molecule has 1 aliphatic carbocycles. The summed E-state index contributed by atoms with van der Waals surface area (Å²) in [6, 6.07) is 56.9. The lowest BCUT2D eigenvalue weighted by molar-refractivity contribution is 0.661. The highest BCUT2D eigenvalue weighted by Gasteiger charge is 2.37. The molecule has 0 aliphatic heterocycles. The lowest BCUT2D eigenvalue weighted by Crippen LogP contribution is -2.41. The van der Waals surface area contributed by atoms with Gasteiger partial charge >= 0.3 is 0 Å². The van der Waals surface area contributed by atoms with E-state index in [0.29, 0.717) is 11.8 Å². The number of nitrogens with zero attached hydrogens (tertiary/aromatic N) is 2. The summed E-state index contributed by atoms with van der Waals surface area (Å²) >= 11 is 0. The third-order valence-electron chi connectivity index (χ3n) is 11.9. The van der Waals surface area contributed by atoms with E-state index >= 15 is 0 Å². The van der Waals surface area contributed by atoms with Crippen LogP contribution in [0.2, 0.25) is 0 Å². The van der Waals surface area contributed by atoms with E-state index < -0.39 is 5.54 Å². The van der Waals surface area contributed by atoms with Crippen molar-refractivity contribution in [2.75, 3.05) is 9.80 Å². The Balaban J connectivity index is 1.24. The van der Waals surface area contributed by atoms with Crippen LogP contribution in [0.15, 0.2) is 176 Å². The van der Waals surface area contributed by atoms with E-state index in [0.717, 1.165) is 18.5 Å². The summed E-state index contributed by atoms with van der Waals surface area (Å²) in [6.45, 7) is 13.6. The average Bonchev–Trinajstić information content (AvgIpc) is 3.27. The highest BCUT2D eigenvalue weighted by atomic mass is 15.2. The number of unbranched alkanes of at least 4 members (excludes halogenated alkanes) is 2. The molecule has 1 aliphatic rings. The number of allylic oxidation sites excluding steroid dienone is 2. The van der Waals surface area contributed by atoms with E-state index in [1.165, 1.54) is 81.8 Å². The zero-order valence-corrected chi connectivity index (χ0v) is 35.6. The zero-order valence-electron chi connectivity index (χ0n) is 35.6. The predicted octanol–water partition coefficient (Wildman–Crippen LogP) is 16.0. The fourth-order valence-corrected chi connectivity index (χ4v) is 8.29. The van der Waals surface area contributed by atoms with Gasteiger partial charge in [0, 0.05) is 34.4 Å². The molecule has 0 unspecified atom stereocenters. The Bertz CT molecular complexity index is 2210. The molecule has 0 bridgehead atoms. The summed E-state index contributed by atoms with van der Waals surface area (Å²) in [5.74, 6) is 1.10. The molecule has 0 aromatic heterocycles. The summed E-state index contributed by atoms with van der Waals surface area (Å²) in [6.07, 6.45) is 16.7. The molecule has 0 N–H and O–H groups in total. The molecule has 6 aromatic rings. The van der Waals surface area contributed by atoms with E-state index in [4.69, 9.17) is 0 Å². The minimum absolute atomic E-state index is 0.143. The van der Waals surface area contributed by atoms with Crippen LogP contribution in [0.4, 0.5) is 28.4 Å². The largest absolute Gasteiger partial charge is 0.324 e. The molecule has 0 radical (unpaired) electrons. The lowest BCUT2D eigenvalue weighted by Gasteiger charge is -2.44. The minimum Gasteiger partial charge on any atom is -0.324 e. The number of aryl methyl sites for hydroxylation is 2. The summed E-state index contributed by atoms with van der Waals surface area (Å²) in [5, 5.41) is 0. The molecule has 0 heterocycles. The van der Waals surface area contributed by atoms with Crippen LogP contribution in [-0.4, -0.2) is 0 Å². The van der Waals surface area contributed by atoms with Gasteiger partial charge in [0.25, 0.3) is 0 Å². The van der Waals surface area contributed by atoms with Crippen molar-refractivity contribution in [1.29, 1.82) is 0 Å². The van der Waals surface area contributed by atoms with Gasteiger partial charge in [-0.25, -0.2) is 0 Å². The van der Waals surface area contributed by atoms with E-state index in [2.05, 4.69) is 227 Å². The van der Waals surface area contributed by atoms with Crippen molar-refractivity contribution in [2.24, 2.45) is 0 Å². The number of rotatable bonds is 16. The maximum absolute atomic E-state index is 2.53. The second kappa shape index (κ2) is 18.8. The SMILES string of the molecule is CCCCc1ccc(N(c2ccc(C(C)C)cc2)c2ccc(C3C=CC(c4ccccc4)(N(c4ccc(CCCC)cc4)c4ccc(C(C)C)cc4)C=C3)cc2)cc1. The Morgan fingerprint density at radius 3 is 1.29 bits per heavy atom. The van der Waals surface area contributed by atoms with Gasteiger partial charge in [0.05, 0.1) is 0 Å². The molecule has 58 heavy (non-hydrogen) atoms. The van der Waals surface area contributed by atoms with Crippen LogP contribution >= 0.6 is 0 Å². The Kier molecular flexibility index (Phi) is 13.1. The standard InChI is InChI=1S/C56H62N2/c1-7-9-14-44-18-28-51(29-19-44)57(52-32-22-46(23-33-52)42(3)4)53-34-26-48(27-35-53)49-38-40-56(41-39-49,50-16-12-11-13-17-50)58(55-36-24-47(25-37-55)43(5)6)54-30-20-45(21-31-54)15-10-8-2/h11-13,16-43,49H,7-10,14-15H2,1-6H3. The van der Waals surface area contributed by atoms with Crippen LogP contribution in [-0.2, 0) is 18.4 Å². The molecular weight excluding hydrogens is 701 g/mol. The van der Waals surface area contributed by atoms with Crippen LogP contribution in [0, 0.1) is 0 Å². The Morgan fingerprint density at radius 2 is 0.862 bits per heavy atom. The van der Waals surface area contributed by atoms with Gasteiger partial charge in [-0.15, -0.1) is 0 Å². The van der Waals surface area contributed by atoms with Gasteiger partial charge in [-0.05, 0) is 132 Å². The molecule has 2 nitrogen and oxygen atoms in total. The van der Waals surface area contributed by atoms with Gasteiger partial charge in [0.2, 0.25) is 0 Å². The third-order valence-corrected chi connectivity index (χ3v) is 11.9. The molecule has 6 aromatic carbocycles. The summed E-state index contributed by atoms with van der Waals surface area (Å²) in [5.41, 5.74) is 13.3. The van der Waals surface area contributed by atoms with Gasteiger partial charge in [-0.1, -0.05) is 170 Å². The van der Waals surface area contributed by atoms with E-state index in [-0.39, 0.29) is 5.92 Å². The number of hydrogen-bond donors (Lipinski definition) is 0. The van der Waals surface area contributed by atoms with Crippen molar-refractivity contribution < 1.29 is 0 Å². The molecule has 0 saturated heterocycles. The van der Waals surface area contributed by atoms with Crippen molar-refractivity contribution in [3.63, 3.8) is 0 Å². The monoisotopic (exact) mass is 762 g/mol. The van der Waals surface area contributed by atoms with Crippen molar-refractivity contribution in [3.05, 3.63) is 209 Å². The molecule has 0 atom stereocenters. The van der Waals surface area contributed by atoms with Crippen LogP contribution < -0.4 is 9.80 Å². The highest BCUT2D eigenvalue weighted by Crippen LogP contribution is 2.46. The predicted molar refractivity (Wildman–Crippen MR) is 251 cm³/mol. The van der Waals surface area contributed by atoms with Crippen molar-refractivity contribution >= 4 is 28.4 Å². The lowest BCUT2D eigenvalue weighted by atomic mass is 9.79. The smallest absolute Gasteiger partial charge is 0.107 e. The molecule has 7 rings (SSSR count). The van der Waals surface area contributed by atoms with Gasteiger partial charge in [-0.3, -0.25) is 0 Å². The quantitative estimate of drug-likeness (QED) is 0.0906. The number of anilines is 5. The second-order valence-corrected chi connectivity index (χ2v) is 16.7. The van der Waals surface area contributed by atoms with E-state index in [9.17, 15) is 0 Å². The normalized spacial score (nSPS) is 16.2. The van der Waals surface area contributed by atoms with Crippen molar-refractivity contribution in [3.8, 4) is 0 Å². The fourth-order valence-electron chi connectivity index (χ4n) is 8.29. The van der Waals surface area contributed by atoms with E-state index in [1.54, 1.807) is 0 Å². The molecule has 296 valence electrons. The van der Waals surface area contributed by atoms with Crippen molar-refractivity contribution in [2.45, 2.75) is 103 Å². The molecule has 0 saturated carbocycles. The fraction of sp³-hybridized carbons (Fsp3) is 0.286. The van der Waals surface area contributed by atoms with Crippen LogP contribution in [0.3, 0.4) is 0 Å². The first-order valence-electron chi connectivity index (χ1n) is 21.8. The second-order valence-electron chi connectivity index (χ2n) is 16.7. The Labute approximate surface area is 349 Å². The third kappa shape index (κ3) is 9.08. The molecule has 0 fully saturated rings. The number of hydrogen-bond acceptors (Lipinski definition) is 2. The molecular formula is C56H62N2. The topological polar surface area (TPSA) is 6.48 Å². The van der Waals surface area contributed by atoms with Crippen LogP contribution in [0.25, 0.3) is 0 Å². The molecule has 0 amide bonds. The molecule has 2 heteroatoms. The summed E-state index contributed by atoms with van der Waals surface area (Å²) in [7, 11) is 0. The first-order valence-corrected chi connectivity index (χ1v) is 21.8. The van der Waals surface area contributed by atoms with Gasteiger partial charge in [-0.2, -0.15) is 0 Å². The highest BCUT2D eigenvalue weighted by molar-refractivity contribution is 5.77. The van der Waals surface area contributed by atoms with Gasteiger partial charge < -0.3 is 9.80 Å². The average molecular weight is 763 g/mol. The maximum Gasteiger partial charge on any atom is 0.107 e. The van der Waals surface area contributed by atoms with Crippen LogP contribution in [0.1, 0.15) is 118 Å². The van der Waals surface area contributed by atoms with Crippen LogP contribution in [0.5, 0.6) is 0 Å². The Hall–Kier alpha value is -5.60. The van der Waals surface area contributed by atoms with Gasteiger partial charge in [0.1, 0.15) is 5.54 Å². The summed E-state index contributed by atoms with van der Waals surface area (Å²) in [4.78, 5) is 4.92. The number of benzene rings is 6. The minimum atomic E-state index is -0.524. The zero-order chi connectivity index (χ0) is 40.5. The first kappa shape index (κ1) is 40.6. The Morgan fingerprint density at radius 1 is 0.466 bits per heavy atom. The van der Waals surface area contributed by atoms with Crippen molar-refractivity contribution in [1.82, 2.24) is 0 Å². The maximum atomic E-state index is 2.53. The molecule has 0 spiro atoms. The summed E-state index contributed by atoms with van der Waals surface area (Å²) < 4.78 is 0. The van der Waals surface area contributed by atoms with E-state index in [1.807, 2.05) is 0 Å². The van der Waals surface area contributed by atoms with Gasteiger partial charge in [0.15, 0.2) is 0 Å². The first-order chi connectivity index (χ1) is 28.3.